The van der Waals surface area contributed by atoms with E-state index in [4.69, 9.17) is 0 Å². The van der Waals surface area contributed by atoms with Crippen molar-refractivity contribution >= 4 is 5.91 Å². The standard InChI is InChI=1S/C9H11N3O.C2H6/c1-10-9(13)7-4-11-8(12-5-7)6-2-3-6;1-2/h4-6H,2-3H2,1H3,(H,10,13);1-2H3. The summed E-state index contributed by atoms with van der Waals surface area (Å²) in [4.78, 5) is 19.4. The summed E-state index contributed by atoms with van der Waals surface area (Å²) in [5, 5.41) is 2.53. The Morgan fingerprint density at radius 2 is 1.87 bits per heavy atom. The van der Waals surface area contributed by atoms with Crippen LogP contribution >= 0.6 is 0 Å². The maximum Gasteiger partial charge on any atom is 0.254 e. The number of hydrogen-bond acceptors (Lipinski definition) is 3. The Kier molecular flexibility index (Phi) is 4.21. The van der Waals surface area contributed by atoms with E-state index >= 15 is 0 Å². The number of carbonyl (C=O) groups is 1. The van der Waals surface area contributed by atoms with Gasteiger partial charge in [0, 0.05) is 25.4 Å². The second-order valence-electron chi connectivity index (χ2n) is 3.18. The molecule has 1 aromatic heterocycles. The first kappa shape index (κ1) is 11.6. The molecular weight excluding hydrogens is 190 g/mol. The maximum atomic E-state index is 11.1. The van der Waals surface area contributed by atoms with Crippen molar-refractivity contribution in [3.05, 3.63) is 23.8 Å². The van der Waals surface area contributed by atoms with E-state index in [-0.39, 0.29) is 5.91 Å². The SMILES string of the molecule is CC.CNC(=O)c1cnc(C2CC2)nc1. The first-order valence-corrected chi connectivity index (χ1v) is 5.35. The van der Waals surface area contributed by atoms with Crippen LogP contribution in [0.3, 0.4) is 0 Å². The monoisotopic (exact) mass is 207 g/mol. The van der Waals surface area contributed by atoms with Crippen LogP contribution in [-0.2, 0) is 0 Å². The molecule has 2 rings (SSSR count). The van der Waals surface area contributed by atoms with E-state index in [0.717, 1.165) is 5.82 Å². The molecule has 0 spiro atoms. The van der Waals surface area contributed by atoms with Crippen LogP contribution in [0, 0.1) is 0 Å². The quantitative estimate of drug-likeness (QED) is 0.803. The fraction of sp³-hybridized carbons (Fsp3) is 0.545. The minimum Gasteiger partial charge on any atom is -0.355 e. The van der Waals surface area contributed by atoms with Crippen molar-refractivity contribution in [2.24, 2.45) is 0 Å². The van der Waals surface area contributed by atoms with Gasteiger partial charge < -0.3 is 5.32 Å². The maximum absolute atomic E-state index is 11.1. The number of hydrogen-bond donors (Lipinski definition) is 1. The van der Waals surface area contributed by atoms with Crippen LogP contribution in [0.5, 0.6) is 0 Å². The second kappa shape index (κ2) is 5.44. The molecule has 1 aliphatic rings. The first-order valence-electron chi connectivity index (χ1n) is 5.35. The van der Waals surface area contributed by atoms with Gasteiger partial charge in [0.15, 0.2) is 0 Å². The summed E-state index contributed by atoms with van der Waals surface area (Å²) in [6, 6.07) is 0. The van der Waals surface area contributed by atoms with Crippen LogP contribution in [0.4, 0.5) is 0 Å². The average molecular weight is 207 g/mol. The second-order valence-corrected chi connectivity index (χ2v) is 3.18. The molecule has 0 aliphatic heterocycles. The van der Waals surface area contributed by atoms with E-state index < -0.39 is 0 Å². The molecule has 0 unspecified atom stereocenters. The van der Waals surface area contributed by atoms with Crippen molar-refractivity contribution < 1.29 is 4.79 Å². The van der Waals surface area contributed by atoms with Crippen LogP contribution < -0.4 is 5.32 Å². The summed E-state index contributed by atoms with van der Waals surface area (Å²) < 4.78 is 0. The third-order valence-corrected chi connectivity index (χ3v) is 2.10. The van der Waals surface area contributed by atoms with Crippen molar-refractivity contribution in [1.82, 2.24) is 15.3 Å². The molecule has 4 heteroatoms. The van der Waals surface area contributed by atoms with Crippen LogP contribution in [0.15, 0.2) is 12.4 Å². The molecule has 1 aromatic rings. The highest BCUT2D eigenvalue weighted by Crippen LogP contribution is 2.37. The number of carbonyl (C=O) groups excluding carboxylic acids is 1. The molecule has 1 fully saturated rings. The van der Waals surface area contributed by atoms with Gasteiger partial charge in [-0.25, -0.2) is 9.97 Å². The minimum atomic E-state index is -0.137. The molecule has 1 aliphatic carbocycles. The molecule has 82 valence electrons. The third kappa shape index (κ3) is 3.01. The molecule has 0 aromatic carbocycles. The molecule has 1 N–H and O–H groups in total. The molecule has 0 radical (unpaired) electrons. The van der Waals surface area contributed by atoms with Gasteiger partial charge in [-0.3, -0.25) is 4.79 Å². The lowest BCUT2D eigenvalue weighted by Gasteiger charge is -1.99. The molecule has 15 heavy (non-hydrogen) atoms. The zero-order chi connectivity index (χ0) is 11.3. The van der Waals surface area contributed by atoms with Crippen molar-refractivity contribution in [1.29, 1.82) is 0 Å². The van der Waals surface area contributed by atoms with Crippen molar-refractivity contribution in [2.75, 3.05) is 7.05 Å². The Labute approximate surface area is 90.1 Å². The van der Waals surface area contributed by atoms with Gasteiger partial charge in [0.05, 0.1) is 5.56 Å². The molecule has 1 amide bonds. The molecule has 0 bridgehead atoms. The number of aromatic nitrogens is 2. The van der Waals surface area contributed by atoms with E-state index in [2.05, 4.69) is 15.3 Å². The molecule has 1 heterocycles. The van der Waals surface area contributed by atoms with Gasteiger partial charge >= 0.3 is 0 Å². The summed E-state index contributed by atoms with van der Waals surface area (Å²) in [6.45, 7) is 4.00. The summed E-state index contributed by atoms with van der Waals surface area (Å²) in [7, 11) is 1.59. The fourth-order valence-corrected chi connectivity index (χ4v) is 1.15. The summed E-state index contributed by atoms with van der Waals surface area (Å²) >= 11 is 0. The zero-order valence-electron chi connectivity index (χ0n) is 9.45. The first-order chi connectivity index (χ1) is 7.31. The Morgan fingerprint density at radius 3 is 2.27 bits per heavy atom. The number of nitrogens with zero attached hydrogens (tertiary/aromatic N) is 2. The van der Waals surface area contributed by atoms with Gasteiger partial charge in [-0.2, -0.15) is 0 Å². The predicted molar refractivity (Wildman–Crippen MR) is 58.7 cm³/mol. The average Bonchev–Trinajstić information content (AvgIpc) is 3.15. The zero-order valence-corrected chi connectivity index (χ0v) is 9.45. The normalized spacial score (nSPS) is 13.8. The van der Waals surface area contributed by atoms with Crippen LogP contribution in [0.1, 0.15) is 48.8 Å². The lowest BCUT2D eigenvalue weighted by Crippen LogP contribution is -2.18. The Morgan fingerprint density at radius 1 is 1.33 bits per heavy atom. The van der Waals surface area contributed by atoms with Gasteiger partial charge in [0.1, 0.15) is 5.82 Å². The summed E-state index contributed by atoms with van der Waals surface area (Å²) in [6.07, 6.45) is 5.53. The minimum absolute atomic E-state index is 0.137. The Balaban J connectivity index is 0.000000531. The summed E-state index contributed by atoms with van der Waals surface area (Å²) in [5.74, 6) is 1.27. The highest BCUT2D eigenvalue weighted by atomic mass is 16.1. The molecule has 1 saturated carbocycles. The smallest absolute Gasteiger partial charge is 0.254 e. The lowest BCUT2D eigenvalue weighted by atomic mass is 10.3. The van der Waals surface area contributed by atoms with E-state index in [1.165, 1.54) is 12.8 Å². The van der Waals surface area contributed by atoms with Crippen LogP contribution in [0.2, 0.25) is 0 Å². The molecular formula is C11H17N3O. The molecule has 0 atom stereocenters. The van der Waals surface area contributed by atoms with E-state index in [1.807, 2.05) is 13.8 Å². The number of rotatable bonds is 2. The van der Waals surface area contributed by atoms with Gasteiger partial charge in [-0.1, -0.05) is 13.8 Å². The van der Waals surface area contributed by atoms with Crippen LogP contribution in [-0.4, -0.2) is 22.9 Å². The lowest BCUT2D eigenvalue weighted by molar-refractivity contribution is 0.0962. The van der Waals surface area contributed by atoms with Crippen molar-refractivity contribution in [3.63, 3.8) is 0 Å². The molecule has 4 nitrogen and oxygen atoms in total. The summed E-state index contributed by atoms with van der Waals surface area (Å²) in [5.41, 5.74) is 0.520. The highest BCUT2D eigenvalue weighted by Gasteiger charge is 2.26. The Hall–Kier alpha value is -1.45. The van der Waals surface area contributed by atoms with Gasteiger partial charge in [-0.05, 0) is 12.8 Å². The predicted octanol–water partition coefficient (Wildman–Crippen LogP) is 1.74. The van der Waals surface area contributed by atoms with E-state index in [1.54, 1.807) is 19.4 Å². The number of nitrogens with one attached hydrogen (secondary N) is 1. The van der Waals surface area contributed by atoms with Crippen LogP contribution in [0.25, 0.3) is 0 Å². The number of amides is 1. The van der Waals surface area contributed by atoms with Gasteiger partial charge in [-0.15, -0.1) is 0 Å². The highest BCUT2D eigenvalue weighted by molar-refractivity contribution is 5.93. The van der Waals surface area contributed by atoms with E-state index in [0.29, 0.717) is 11.5 Å². The topological polar surface area (TPSA) is 54.9 Å². The molecule has 0 saturated heterocycles. The van der Waals surface area contributed by atoms with Crippen molar-refractivity contribution in [3.8, 4) is 0 Å². The van der Waals surface area contributed by atoms with E-state index in [9.17, 15) is 4.79 Å². The van der Waals surface area contributed by atoms with Gasteiger partial charge in [0.2, 0.25) is 0 Å². The van der Waals surface area contributed by atoms with Crippen molar-refractivity contribution in [2.45, 2.75) is 32.6 Å². The Bertz CT molecular complexity index is 317. The largest absolute Gasteiger partial charge is 0.355 e. The fourth-order valence-electron chi connectivity index (χ4n) is 1.15. The third-order valence-electron chi connectivity index (χ3n) is 2.10. The van der Waals surface area contributed by atoms with Gasteiger partial charge in [0.25, 0.3) is 5.91 Å².